The molecule has 1 heterocycles. The summed E-state index contributed by atoms with van der Waals surface area (Å²) in [5.41, 5.74) is -0.430. The number of halogens is 2. The number of carbonyl (C=O) groups excluding carboxylic acids is 4. The molecule has 1 saturated heterocycles. The lowest BCUT2D eigenvalue weighted by atomic mass is 10.0. The van der Waals surface area contributed by atoms with E-state index in [1.54, 1.807) is 6.92 Å². The van der Waals surface area contributed by atoms with Crippen LogP contribution in [0.1, 0.15) is 36.5 Å². The zero-order valence-electron chi connectivity index (χ0n) is 15.9. The summed E-state index contributed by atoms with van der Waals surface area (Å²) in [6, 6.07) is 1.69. The third-order valence-electron chi connectivity index (χ3n) is 4.31. The largest absolute Gasteiger partial charge is 0.464 e. The van der Waals surface area contributed by atoms with Crippen LogP contribution in [0.2, 0.25) is 0 Å². The fraction of sp³-hybridized carbons (Fsp3) is 0.474. The van der Waals surface area contributed by atoms with E-state index < -0.39 is 60.1 Å². The number of nitrogens with one attached hydrogen (secondary N) is 1. The standard InChI is InChI=1S/C19H22F2N2O6/c1-2-28-19(27)15-5-3-4-8-23(15)16(24)11-29-17(25)10-22-18(26)13-7-6-12(20)9-14(13)21/h6-7,9,15H,2-5,8,10-11H2,1H3,(H,22,26). The molecular formula is C19H22F2N2O6. The lowest BCUT2D eigenvalue weighted by Gasteiger charge is -2.33. The van der Waals surface area contributed by atoms with Crippen molar-refractivity contribution in [2.45, 2.75) is 32.2 Å². The van der Waals surface area contributed by atoms with Crippen LogP contribution in [-0.4, -0.2) is 61.0 Å². The van der Waals surface area contributed by atoms with Crippen molar-refractivity contribution in [1.82, 2.24) is 10.2 Å². The topological polar surface area (TPSA) is 102 Å². The predicted octanol–water partition coefficient (Wildman–Crippen LogP) is 1.18. The average Bonchev–Trinajstić information content (AvgIpc) is 2.70. The minimum absolute atomic E-state index is 0.195. The molecule has 0 bridgehead atoms. The molecule has 1 aliphatic heterocycles. The normalized spacial score (nSPS) is 16.1. The van der Waals surface area contributed by atoms with E-state index in [1.807, 2.05) is 0 Å². The fourth-order valence-electron chi connectivity index (χ4n) is 2.91. The fourth-order valence-corrected chi connectivity index (χ4v) is 2.91. The molecule has 0 spiro atoms. The molecule has 1 fully saturated rings. The van der Waals surface area contributed by atoms with E-state index in [1.165, 1.54) is 4.90 Å². The van der Waals surface area contributed by atoms with Gasteiger partial charge in [-0.1, -0.05) is 0 Å². The van der Waals surface area contributed by atoms with Gasteiger partial charge in [-0.15, -0.1) is 0 Å². The van der Waals surface area contributed by atoms with Gasteiger partial charge in [0.1, 0.15) is 24.2 Å². The third kappa shape index (κ3) is 6.23. The Balaban J connectivity index is 1.82. The minimum atomic E-state index is -1.07. The number of nitrogens with zero attached hydrogens (tertiary/aromatic N) is 1. The Hall–Kier alpha value is -3.04. The lowest BCUT2D eigenvalue weighted by Crippen LogP contribution is -2.50. The molecule has 29 heavy (non-hydrogen) atoms. The van der Waals surface area contributed by atoms with E-state index in [0.29, 0.717) is 19.0 Å². The van der Waals surface area contributed by atoms with E-state index in [-0.39, 0.29) is 6.61 Å². The second kappa shape index (κ2) is 10.5. The van der Waals surface area contributed by atoms with Gasteiger partial charge in [0, 0.05) is 12.6 Å². The Kier molecular flexibility index (Phi) is 8.05. The lowest BCUT2D eigenvalue weighted by molar-refractivity contribution is -0.160. The molecule has 2 rings (SSSR count). The van der Waals surface area contributed by atoms with Gasteiger partial charge in [-0.05, 0) is 38.3 Å². The maximum atomic E-state index is 13.5. The summed E-state index contributed by atoms with van der Waals surface area (Å²) >= 11 is 0. The SMILES string of the molecule is CCOC(=O)C1CCCCN1C(=O)COC(=O)CNC(=O)c1ccc(F)cc1F. The van der Waals surface area contributed by atoms with Crippen LogP contribution in [0.5, 0.6) is 0 Å². The summed E-state index contributed by atoms with van der Waals surface area (Å²) in [6.07, 6.45) is 1.96. The summed E-state index contributed by atoms with van der Waals surface area (Å²) < 4.78 is 36.2. The first kappa shape index (κ1) is 22.3. The Morgan fingerprint density at radius 2 is 1.93 bits per heavy atom. The smallest absolute Gasteiger partial charge is 0.328 e. The van der Waals surface area contributed by atoms with Gasteiger partial charge >= 0.3 is 11.9 Å². The van der Waals surface area contributed by atoms with Gasteiger partial charge in [-0.25, -0.2) is 13.6 Å². The highest BCUT2D eigenvalue weighted by Crippen LogP contribution is 2.18. The van der Waals surface area contributed by atoms with Crippen LogP contribution < -0.4 is 5.32 Å². The zero-order chi connectivity index (χ0) is 21.4. The molecule has 1 aliphatic rings. The molecule has 158 valence electrons. The highest BCUT2D eigenvalue weighted by molar-refractivity contribution is 5.96. The molecule has 1 unspecified atom stereocenters. The summed E-state index contributed by atoms with van der Waals surface area (Å²) in [5.74, 6) is -4.80. The summed E-state index contributed by atoms with van der Waals surface area (Å²) in [4.78, 5) is 49.2. The second-order valence-electron chi connectivity index (χ2n) is 6.32. The number of esters is 2. The van der Waals surface area contributed by atoms with Crippen molar-refractivity contribution in [2.75, 3.05) is 26.3 Å². The van der Waals surface area contributed by atoms with Crippen molar-refractivity contribution >= 4 is 23.8 Å². The molecule has 0 aliphatic carbocycles. The first-order chi connectivity index (χ1) is 13.8. The number of piperidine rings is 1. The van der Waals surface area contributed by atoms with E-state index in [2.05, 4.69) is 5.32 Å². The molecule has 2 amide bonds. The minimum Gasteiger partial charge on any atom is -0.464 e. The Labute approximate surface area is 166 Å². The number of carbonyl (C=O) groups is 4. The number of hydrogen-bond donors (Lipinski definition) is 1. The van der Waals surface area contributed by atoms with Gasteiger partial charge in [-0.2, -0.15) is 0 Å². The van der Waals surface area contributed by atoms with Crippen molar-refractivity contribution in [1.29, 1.82) is 0 Å². The number of hydrogen-bond acceptors (Lipinski definition) is 6. The quantitative estimate of drug-likeness (QED) is 0.675. The maximum absolute atomic E-state index is 13.5. The highest BCUT2D eigenvalue weighted by Gasteiger charge is 2.33. The summed E-state index contributed by atoms with van der Waals surface area (Å²) in [6.45, 7) is 1.00. The molecule has 0 radical (unpaired) electrons. The van der Waals surface area contributed by atoms with Gasteiger partial charge in [0.05, 0.1) is 12.2 Å². The molecule has 1 aromatic rings. The van der Waals surface area contributed by atoms with Gasteiger partial charge < -0.3 is 19.7 Å². The number of amides is 2. The van der Waals surface area contributed by atoms with Gasteiger partial charge in [0.25, 0.3) is 11.8 Å². The van der Waals surface area contributed by atoms with Crippen molar-refractivity contribution < 1.29 is 37.4 Å². The van der Waals surface area contributed by atoms with Crippen molar-refractivity contribution in [3.63, 3.8) is 0 Å². The van der Waals surface area contributed by atoms with E-state index in [4.69, 9.17) is 9.47 Å². The van der Waals surface area contributed by atoms with Gasteiger partial charge in [0.2, 0.25) is 0 Å². The first-order valence-corrected chi connectivity index (χ1v) is 9.18. The molecule has 0 aromatic heterocycles. The molecule has 10 heteroatoms. The van der Waals surface area contributed by atoms with Crippen LogP contribution >= 0.6 is 0 Å². The molecule has 1 N–H and O–H groups in total. The van der Waals surface area contributed by atoms with Crippen LogP contribution in [0.4, 0.5) is 8.78 Å². The predicted molar refractivity (Wildman–Crippen MR) is 95.6 cm³/mol. The van der Waals surface area contributed by atoms with Crippen LogP contribution in [0.3, 0.4) is 0 Å². The Morgan fingerprint density at radius 1 is 1.17 bits per heavy atom. The number of likely N-dealkylation sites (tertiary alicyclic amines) is 1. The molecule has 1 aromatic carbocycles. The van der Waals surface area contributed by atoms with Crippen LogP contribution in [-0.2, 0) is 23.9 Å². The van der Waals surface area contributed by atoms with Gasteiger partial charge in [-0.3, -0.25) is 14.4 Å². The highest BCUT2D eigenvalue weighted by atomic mass is 19.1. The Bertz CT molecular complexity index is 786. The molecule has 8 nitrogen and oxygen atoms in total. The zero-order valence-corrected chi connectivity index (χ0v) is 15.9. The second-order valence-corrected chi connectivity index (χ2v) is 6.32. The Morgan fingerprint density at radius 3 is 2.62 bits per heavy atom. The molecule has 0 saturated carbocycles. The molecular weight excluding hydrogens is 390 g/mol. The van der Waals surface area contributed by atoms with E-state index in [0.717, 1.165) is 25.0 Å². The van der Waals surface area contributed by atoms with Crippen molar-refractivity contribution in [3.8, 4) is 0 Å². The first-order valence-electron chi connectivity index (χ1n) is 9.18. The summed E-state index contributed by atoms with van der Waals surface area (Å²) in [5, 5.41) is 2.13. The van der Waals surface area contributed by atoms with Crippen molar-refractivity contribution in [2.24, 2.45) is 0 Å². The number of rotatable bonds is 7. The number of ether oxygens (including phenoxy) is 2. The summed E-state index contributed by atoms with van der Waals surface area (Å²) in [7, 11) is 0. The average molecular weight is 412 g/mol. The van der Waals surface area contributed by atoms with E-state index in [9.17, 15) is 28.0 Å². The molecule has 1 atom stereocenters. The number of benzene rings is 1. The van der Waals surface area contributed by atoms with Gasteiger partial charge in [0.15, 0.2) is 6.61 Å². The van der Waals surface area contributed by atoms with Crippen LogP contribution in [0.15, 0.2) is 18.2 Å². The van der Waals surface area contributed by atoms with Crippen LogP contribution in [0, 0.1) is 11.6 Å². The maximum Gasteiger partial charge on any atom is 0.328 e. The van der Waals surface area contributed by atoms with E-state index >= 15 is 0 Å². The third-order valence-corrected chi connectivity index (χ3v) is 4.31. The van der Waals surface area contributed by atoms with Crippen LogP contribution in [0.25, 0.3) is 0 Å². The van der Waals surface area contributed by atoms with Crippen molar-refractivity contribution in [3.05, 3.63) is 35.4 Å². The monoisotopic (exact) mass is 412 g/mol.